The van der Waals surface area contributed by atoms with Crippen molar-refractivity contribution in [3.63, 3.8) is 0 Å². The van der Waals surface area contributed by atoms with Crippen LogP contribution in [0.4, 0.5) is 0 Å². The summed E-state index contributed by atoms with van der Waals surface area (Å²) in [6.07, 6.45) is 4.59. The normalized spacial score (nSPS) is 35.0. The number of nitrogens with zero attached hydrogens (tertiary/aromatic N) is 1. The van der Waals surface area contributed by atoms with Gasteiger partial charge in [-0.3, -0.25) is 4.79 Å². The minimum absolute atomic E-state index is 0.0170. The molecule has 2 saturated carbocycles. The number of carbonyl (C=O) groups excluding carboxylic acids is 1. The van der Waals surface area contributed by atoms with Crippen molar-refractivity contribution < 1.29 is 13.2 Å². The van der Waals surface area contributed by atoms with Crippen molar-refractivity contribution in [2.24, 2.45) is 16.7 Å². The molecule has 0 radical (unpaired) electrons. The zero-order valence-corrected chi connectivity index (χ0v) is 15.8. The van der Waals surface area contributed by atoms with Crippen LogP contribution in [-0.4, -0.2) is 30.4 Å². The highest BCUT2D eigenvalue weighted by molar-refractivity contribution is 7.90. The molecule has 1 aromatic rings. The molecule has 3 atom stereocenters. The number of carbonyl (C=O) groups is 1. The summed E-state index contributed by atoms with van der Waals surface area (Å²) in [5.74, 6) is 0.286. The van der Waals surface area contributed by atoms with Gasteiger partial charge in [0.15, 0.2) is 0 Å². The number of amides is 1. The second-order valence-corrected chi connectivity index (χ2v) is 10.3. The zero-order valence-electron chi connectivity index (χ0n) is 15.0. The maximum absolute atomic E-state index is 13.1. The maximum Gasteiger partial charge on any atom is 0.263 e. The van der Waals surface area contributed by atoms with Gasteiger partial charge in [0.2, 0.25) is 10.0 Å². The molecule has 4 nitrogen and oxygen atoms in total. The van der Waals surface area contributed by atoms with Crippen LogP contribution in [-0.2, 0) is 14.8 Å². The van der Waals surface area contributed by atoms with E-state index in [4.69, 9.17) is 0 Å². The fourth-order valence-electron chi connectivity index (χ4n) is 5.59. The fraction of sp³-hybridized carbons (Fsp3) is 0.550. The van der Waals surface area contributed by atoms with Crippen molar-refractivity contribution in [3.8, 4) is 0 Å². The Bertz CT molecular complexity index is 856. The molecule has 1 aromatic carbocycles. The first-order chi connectivity index (χ1) is 11.7. The molecule has 1 aliphatic heterocycles. The van der Waals surface area contributed by atoms with E-state index in [1.807, 2.05) is 30.3 Å². The second kappa shape index (κ2) is 5.19. The van der Waals surface area contributed by atoms with Crippen LogP contribution in [0.5, 0.6) is 0 Å². The highest BCUT2D eigenvalue weighted by Gasteiger charge is 2.72. The molecule has 4 rings (SSSR count). The van der Waals surface area contributed by atoms with Crippen LogP contribution in [0.1, 0.15) is 45.6 Å². The molecule has 25 heavy (non-hydrogen) atoms. The average molecular weight is 359 g/mol. The third kappa shape index (κ3) is 2.17. The van der Waals surface area contributed by atoms with Crippen molar-refractivity contribution in [1.82, 2.24) is 4.31 Å². The van der Waals surface area contributed by atoms with Crippen LogP contribution in [0.25, 0.3) is 6.08 Å². The van der Waals surface area contributed by atoms with Crippen molar-refractivity contribution in [2.45, 2.75) is 46.1 Å². The highest BCUT2D eigenvalue weighted by atomic mass is 32.2. The van der Waals surface area contributed by atoms with Crippen LogP contribution < -0.4 is 0 Å². The zero-order chi connectivity index (χ0) is 18.0. The fourth-order valence-corrected chi connectivity index (χ4v) is 8.16. The van der Waals surface area contributed by atoms with Gasteiger partial charge in [-0.05, 0) is 49.2 Å². The third-order valence-electron chi connectivity index (χ3n) is 7.13. The molecular weight excluding hydrogens is 334 g/mol. The maximum atomic E-state index is 13.1. The van der Waals surface area contributed by atoms with Crippen LogP contribution in [0.2, 0.25) is 0 Å². The lowest BCUT2D eigenvalue weighted by Gasteiger charge is -2.37. The van der Waals surface area contributed by atoms with Gasteiger partial charge >= 0.3 is 0 Å². The summed E-state index contributed by atoms with van der Waals surface area (Å²) >= 11 is 0. The predicted molar refractivity (Wildman–Crippen MR) is 98.1 cm³/mol. The number of fused-ring (bicyclic) bond motifs is 1. The van der Waals surface area contributed by atoms with Gasteiger partial charge in [0, 0.05) is 11.0 Å². The van der Waals surface area contributed by atoms with Gasteiger partial charge in [0.25, 0.3) is 5.91 Å². The van der Waals surface area contributed by atoms with E-state index in [1.54, 1.807) is 13.0 Å². The summed E-state index contributed by atoms with van der Waals surface area (Å²) in [4.78, 5) is 13.1. The Balaban J connectivity index is 1.71. The Kier molecular flexibility index (Phi) is 3.50. The first kappa shape index (κ1) is 16.8. The van der Waals surface area contributed by atoms with E-state index in [0.717, 1.165) is 24.8 Å². The molecule has 0 N–H and O–H groups in total. The Morgan fingerprint density at radius 3 is 2.56 bits per heavy atom. The molecule has 1 saturated heterocycles. The molecule has 5 heteroatoms. The number of hydrogen-bond donors (Lipinski definition) is 0. The average Bonchev–Trinajstić information content (AvgIpc) is 3.02. The minimum Gasteiger partial charge on any atom is -0.268 e. The van der Waals surface area contributed by atoms with Crippen LogP contribution in [0.15, 0.2) is 35.9 Å². The summed E-state index contributed by atoms with van der Waals surface area (Å²) in [5.41, 5.74) is 1.11. The van der Waals surface area contributed by atoms with E-state index in [1.165, 1.54) is 4.31 Å². The van der Waals surface area contributed by atoms with Crippen LogP contribution in [0, 0.1) is 16.7 Å². The molecule has 1 spiro atoms. The van der Waals surface area contributed by atoms with Crippen molar-refractivity contribution in [1.29, 1.82) is 0 Å². The molecule has 0 unspecified atom stereocenters. The van der Waals surface area contributed by atoms with E-state index in [2.05, 4.69) is 13.8 Å². The summed E-state index contributed by atoms with van der Waals surface area (Å²) in [6.45, 7) is 6.11. The highest BCUT2D eigenvalue weighted by Crippen LogP contribution is 2.70. The number of benzene rings is 1. The molecular formula is C20H25NO3S. The van der Waals surface area contributed by atoms with E-state index < -0.39 is 10.0 Å². The number of hydrogen-bond acceptors (Lipinski definition) is 3. The monoisotopic (exact) mass is 359 g/mol. The van der Waals surface area contributed by atoms with E-state index in [0.29, 0.717) is 11.5 Å². The minimum atomic E-state index is -3.55. The van der Waals surface area contributed by atoms with E-state index in [-0.39, 0.29) is 28.5 Å². The van der Waals surface area contributed by atoms with Gasteiger partial charge < -0.3 is 0 Å². The molecule has 3 aliphatic rings. The van der Waals surface area contributed by atoms with Gasteiger partial charge in [-0.25, -0.2) is 12.7 Å². The Labute approximate surface area is 150 Å². The first-order valence-corrected chi connectivity index (χ1v) is 10.6. The van der Waals surface area contributed by atoms with Gasteiger partial charge in [-0.2, -0.15) is 0 Å². The summed E-state index contributed by atoms with van der Waals surface area (Å²) in [5, 5.41) is 0. The lowest BCUT2D eigenvalue weighted by molar-refractivity contribution is -0.124. The van der Waals surface area contributed by atoms with Crippen molar-refractivity contribution in [2.75, 3.05) is 5.75 Å². The molecule has 1 amide bonds. The molecule has 2 aliphatic carbocycles. The lowest BCUT2D eigenvalue weighted by atomic mass is 9.69. The molecule has 2 bridgehead atoms. The topological polar surface area (TPSA) is 54.5 Å². The Morgan fingerprint density at radius 1 is 1.24 bits per heavy atom. The SMILES string of the molecule is C/C(=C\c1ccccc1)C(=O)N1[C@@H]2C[C@H]3CC[C@]2(CS1(=O)=O)C3(C)C. The van der Waals surface area contributed by atoms with Crippen molar-refractivity contribution in [3.05, 3.63) is 41.5 Å². The Morgan fingerprint density at radius 2 is 1.92 bits per heavy atom. The number of sulfonamides is 1. The quantitative estimate of drug-likeness (QED) is 0.760. The molecule has 0 aromatic heterocycles. The summed E-state index contributed by atoms with van der Waals surface area (Å²) < 4.78 is 27.1. The molecule has 3 fully saturated rings. The van der Waals surface area contributed by atoms with Gasteiger partial charge in [0.05, 0.1) is 11.8 Å². The standard InChI is InChI=1S/C20H25NO3S/c1-14(11-15-7-5-4-6-8-15)18(22)21-17-12-16-9-10-20(17,19(16,2)3)13-25(21,23)24/h4-8,11,16-17H,9-10,12-13H2,1-3H3/b14-11+/t16-,17-,20-/m1/s1. The smallest absolute Gasteiger partial charge is 0.263 e. The van der Waals surface area contributed by atoms with Crippen LogP contribution >= 0.6 is 0 Å². The van der Waals surface area contributed by atoms with Crippen molar-refractivity contribution >= 4 is 22.0 Å². The lowest BCUT2D eigenvalue weighted by Crippen LogP contribution is -2.44. The Hall–Kier alpha value is -1.62. The summed E-state index contributed by atoms with van der Waals surface area (Å²) in [6, 6.07) is 9.39. The number of rotatable bonds is 2. The van der Waals surface area contributed by atoms with Crippen LogP contribution in [0.3, 0.4) is 0 Å². The third-order valence-corrected chi connectivity index (χ3v) is 9.03. The van der Waals surface area contributed by atoms with Gasteiger partial charge in [-0.15, -0.1) is 0 Å². The van der Waals surface area contributed by atoms with Gasteiger partial charge in [-0.1, -0.05) is 44.2 Å². The summed E-state index contributed by atoms with van der Waals surface area (Å²) in [7, 11) is -3.55. The van der Waals surface area contributed by atoms with E-state index in [9.17, 15) is 13.2 Å². The molecule has 134 valence electrons. The molecule has 1 heterocycles. The first-order valence-electron chi connectivity index (χ1n) is 8.99. The second-order valence-electron chi connectivity index (χ2n) is 8.46. The van der Waals surface area contributed by atoms with Gasteiger partial charge in [0.1, 0.15) is 0 Å². The largest absolute Gasteiger partial charge is 0.268 e. The van der Waals surface area contributed by atoms with E-state index >= 15 is 0 Å². The predicted octanol–water partition coefficient (Wildman–Crippen LogP) is 3.46.